The first-order chi connectivity index (χ1) is 8.13. The largest absolute Gasteiger partial charge is 0.324 e. The normalized spacial score (nSPS) is 10.2. The topological polar surface area (TPSA) is 46.9 Å². The van der Waals surface area contributed by atoms with Crippen molar-refractivity contribution in [1.82, 2.24) is 9.78 Å². The van der Waals surface area contributed by atoms with Crippen molar-refractivity contribution in [3.63, 3.8) is 0 Å². The summed E-state index contributed by atoms with van der Waals surface area (Å²) in [4.78, 5) is 11.6. The fourth-order valence-electron chi connectivity index (χ4n) is 1.34. The van der Waals surface area contributed by atoms with E-state index in [1.807, 2.05) is 0 Å². The van der Waals surface area contributed by atoms with Gasteiger partial charge in [-0.25, -0.2) is 4.39 Å². The molecule has 1 aromatic heterocycles. The van der Waals surface area contributed by atoms with Crippen molar-refractivity contribution in [2.75, 3.05) is 5.32 Å². The summed E-state index contributed by atoms with van der Waals surface area (Å²) in [7, 11) is 0. The molecule has 2 aromatic rings. The molecule has 17 heavy (non-hydrogen) atoms. The van der Waals surface area contributed by atoms with Crippen LogP contribution in [0.3, 0.4) is 0 Å². The van der Waals surface area contributed by atoms with Crippen molar-refractivity contribution in [2.24, 2.45) is 0 Å². The molecular formula is C11H9ClFN3O. The summed E-state index contributed by atoms with van der Waals surface area (Å²) in [5.41, 5.74) is 0.410. The summed E-state index contributed by atoms with van der Waals surface area (Å²) in [6.45, 7) is 0.0310. The van der Waals surface area contributed by atoms with Crippen molar-refractivity contribution in [1.29, 1.82) is 0 Å². The molecule has 6 heteroatoms. The van der Waals surface area contributed by atoms with Gasteiger partial charge >= 0.3 is 0 Å². The Morgan fingerprint density at radius 3 is 3.00 bits per heavy atom. The van der Waals surface area contributed by atoms with Crippen LogP contribution in [0.4, 0.5) is 10.1 Å². The molecule has 0 aliphatic rings. The van der Waals surface area contributed by atoms with Gasteiger partial charge in [0.05, 0.1) is 11.2 Å². The van der Waals surface area contributed by atoms with Gasteiger partial charge in [-0.15, -0.1) is 0 Å². The minimum Gasteiger partial charge on any atom is -0.324 e. The lowest BCUT2D eigenvalue weighted by Crippen LogP contribution is -2.18. The van der Waals surface area contributed by atoms with Crippen molar-refractivity contribution < 1.29 is 9.18 Å². The van der Waals surface area contributed by atoms with E-state index in [0.717, 1.165) is 0 Å². The van der Waals surface area contributed by atoms with E-state index in [1.54, 1.807) is 6.07 Å². The van der Waals surface area contributed by atoms with Crippen LogP contribution in [0.5, 0.6) is 0 Å². The number of hydrogen-bond acceptors (Lipinski definition) is 2. The molecule has 1 aromatic carbocycles. The van der Waals surface area contributed by atoms with E-state index in [2.05, 4.69) is 10.4 Å². The highest BCUT2D eigenvalue weighted by Crippen LogP contribution is 2.09. The zero-order valence-corrected chi connectivity index (χ0v) is 9.49. The summed E-state index contributed by atoms with van der Waals surface area (Å²) < 4.78 is 14.3. The van der Waals surface area contributed by atoms with E-state index in [-0.39, 0.29) is 12.5 Å². The van der Waals surface area contributed by atoms with E-state index < -0.39 is 5.82 Å². The predicted molar refractivity (Wildman–Crippen MR) is 62.3 cm³/mol. The Labute approximate surface area is 102 Å². The number of nitrogens with one attached hydrogen (secondary N) is 1. The number of aromatic nitrogens is 2. The number of carbonyl (C=O) groups excluding carboxylic acids is 1. The van der Waals surface area contributed by atoms with Crippen LogP contribution in [-0.2, 0) is 11.3 Å². The summed E-state index contributed by atoms with van der Waals surface area (Å²) >= 11 is 5.66. The molecule has 0 unspecified atom stereocenters. The molecule has 88 valence electrons. The van der Waals surface area contributed by atoms with E-state index in [1.165, 1.54) is 35.3 Å². The Hall–Kier alpha value is -1.88. The fourth-order valence-corrected chi connectivity index (χ4v) is 1.49. The number of nitrogens with zero attached hydrogens (tertiary/aromatic N) is 2. The van der Waals surface area contributed by atoms with E-state index in [0.29, 0.717) is 10.7 Å². The van der Waals surface area contributed by atoms with Crippen LogP contribution in [0.25, 0.3) is 0 Å². The highest BCUT2D eigenvalue weighted by Gasteiger charge is 2.05. The van der Waals surface area contributed by atoms with Crippen molar-refractivity contribution >= 4 is 23.2 Å². The van der Waals surface area contributed by atoms with Crippen LogP contribution in [0, 0.1) is 5.82 Å². The van der Waals surface area contributed by atoms with Gasteiger partial charge in [-0.05, 0) is 18.2 Å². The molecule has 0 fully saturated rings. The number of amides is 1. The number of benzene rings is 1. The minimum absolute atomic E-state index is 0.0310. The van der Waals surface area contributed by atoms with Crippen LogP contribution in [-0.4, -0.2) is 15.7 Å². The van der Waals surface area contributed by atoms with Gasteiger partial charge in [0.15, 0.2) is 0 Å². The molecule has 0 radical (unpaired) electrons. The van der Waals surface area contributed by atoms with Crippen LogP contribution in [0.2, 0.25) is 5.02 Å². The zero-order valence-electron chi connectivity index (χ0n) is 8.73. The monoisotopic (exact) mass is 253 g/mol. The molecule has 0 spiro atoms. The van der Waals surface area contributed by atoms with E-state index in [9.17, 15) is 9.18 Å². The minimum atomic E-state index is -0.398. The maximum Gasteiger partial charge on any atom is 0.246 e. The second kappa shape index (κ2) is 4.97. The van der Waals surface area contributed by atoms with Gasteiger partial charge in [0.2, 0.25) is 5.91 Å². The standard InChI is InChI=1S/C11H9ClFN3O/c12-8-5-14-16(6-8)7-11(17)15-10-3-1-2-9(13)4-10/h1-6H,7H2,(H,15,17). The SMILES string of the molecule is O=C(Cn1cc(Cl)cn1)Nc1cccc(F)c1. The van der Waals surface area contributed by atoms with Crippen molar-refractivity contribution in [3.8, 4) is 0 Å². The third-order valence-corrected chi connectivity index (χ3v) is 2.21. The lowest BCUT2D eigenvalue weighted by molar-refractivity contribution is -0.116. The van der Waals surface area contributed by atoms with Gasteiger partial charge in [-0.3, -0.25) is 9.48 Å². The van der Waals surface area contributed by atoms with Crippen molar-refractivity contribution in [3.05, 3.63) is 47.5 Å². The molecule has 4 nitrogen and oxygen atoms in total. The molecule has 1 amide bonds. The van der Waals surface area contributed by atoms with Crippen LogP contribution in [0.15, 0.2) is 36.7 Å². The lowest BCUT2D eigenvalue weighted by atomic mass is 10.3. The number of rotatable bonds is 3. The van der Waals surface area contributed by atoms with Crippen molar-refractivity contribution in [2.45, 2.75) is 6.54 Å². The summed E-state index contributed by atoms with van der Waals surface area (Å²) in [6.07, 6.45) is 2.98. The number of halogens is 2. The maximum absolute atomic E-state index is 12.9. The Balaban J connectivity index is 1.98. The first kappa shape index (κ1) is 11.6. The second-order valence-corrected chi connectivity index (χ2v) is 3.85. The smallest absolute Gasteiger partial charge is 0.246 e. The quantitative estimate of drug-likeness (QED) is 0.913. The van der Waals surface area contributed by atoms with Gasteiger partial charge in [0, 0.05) is 11.9 Å². The highest BCUT2D eigenvalue weighted by molar-refractivity contribution is 6.30. The fraction of sp³-hybridized carbons (Fsp3) is 0.0909. The van der Waals surface area contributed by atoms with Crippen LogP contribution in [0.1, 0.15) is 0 Å². The van der Waals surface area contributed by atoms with Crippen LogP contribution < -0.4 is 5.32 Å². The van der Waals surface area contributed by atoms with Gasteiger partial charge in [-0.1, -0.05) is 17.7 Å². The van der Waals surface area contributed by atoms with Gasteiger partial charge in [-0.2, -0.15) is 5.10 Å². The molecule has 2 rings (SSSR count). The molecule has 1 N–H and O–H groups in total. The Morgan fingerprint density at radius 1 is 1.53 bits per heavy atom. The molecule has 0 bridgehead atoms. The molecule has 0 saturated carbocycles. The first-order valence-electron chi connectivity index (χ1n) is 4.87. The first-order valence-corrected chi connectivity index (χ1v) is 5.24. The third-order valence-electron chi connectivity index (χ3n) is 2.02. The highest BCUT2D eigenvalue weighted by atomic mass is 35.5. The molecule has 0 aliphatic carbocycles. The second-order valence-electron chi connectivity index (χ2n) is 3.41. The Bertz CT molecular complexity index is 541. The number of hydrogen-bond donors (Lipinski definition) is 1. The molecule has 1 heterocycles. The molecule has 0 saturated heterocycles. The van der Waals surface area contributed by atoms with E-state index in [4.69, 9.17) is 11.6 Å². The maximum atomic E-state index is 12.9. The zero-order chi connectivity index (χ0) is 12.3. The Morgan fingerprint density at radius 2 is 2.35 bits per heavy atom. The number of anilines is 1. The van der Waals surface area contributed by atoms with Crippen LogP contribution >= 0.6 is 11.6 Å². The molecular weight excluding hydrogens is 245 g/mol. The van der Waals surface area contributed by atoms with Gasteiger partial charge < -0.3 is 5.32 Å². The molecule has 0 atom stereocenters. The van der Waals surface area contributed by atoms with Gasteiger partial charge in [0.1, 0.15) is 12.4 Å². The Kier molecular flexibility index (Phi) is 3.39. The van der Waals surface area contributed by atoms with E-state index >= 15 is 0 Å². The number of carbonyl (C=O) groups is 1. The van der Waals surface area contributed by atoms with Gasteiger partial charge in [0.25, 0.3) is 0 Å². The summed E-state index contributed by atoms with van der Waals surface area (Å²) in [5, 5.41) is 6.88. The third kappa shape index (κ3) is 3.29. The molecule has 0 aliphatic heterocycles. The summed E-state index contributed by atoms with van der Waals surface area (Å²) in [6, 6.07) is 5.68. The average Bonchev–Trinajstić information content (AvgIpc) is 2.63. The average molecular weight is 254 g/mol. The lowest BCUT2D eigenvalue weighted by Gasteiger charge is -2.05. The predicted octanol–water partition coefficient (Wildman–Crippen LogP) is 2.31. The summed E-state index contributed by atoms with van der Waals surface area (Å²) in [5.74, 6) is -0.694.